The summed E-state index contributed by atoms with van der Waals surface area (Å²) in [5.41, 5.74) is 1.71. The minimum Gasteiger partial charge on any atom is -0.497 e. The Morgan fingerprint density at radius 2 is 1.88 bits per heavy atom. The number of nitrogens with one attached hydrogen (secondary N) is 2. The summed E-state index contributed by atoms with van der Waals surface area (Å²) in [5.74, 6) is 0.525. The van der Waals surface area contributed by atoms with Crippen molar-refractivity contribution in [3.8, 4) is 5.75 Å². The molecule has 2 N–H and O–H groups in total. The maximum absolute atomic E-state index is 12.9. The third kappa shape index (κ3) is 4.54. The Morgan fingerprint density at radius 1 is 1.08 bits per heavy atom. The van der Waals surface area contributed by atoms with Crippen LogP contribution < -0.4 is 15.4 Å². The van der Waals surface area contributed by atoms with E-state index in [0.29, 0.717) is 23.8 Å². The third-order valence-electron chi connectivity index (χ3n) is 3.61. The van der Waals surface area contributed by atoms with Crippen molar-refractivity contribution in [1.29, 1.82) is 0 Å². The van der Waals surface area contributed by atoms with E-state index in [1.165, 1.54) is 12.1 Å². The van der Waals surface area contributed by atoms with Gasteiger partial charge in [-0.3, -0.25) is 4.79 Å². The highest BCUT2D eigenvalue weighted by Crippen LogP contribution is 2.17. The monoisotopic (exact) mass is 352 g/mol. The molecule has 6 nitrogen and oxygen atoms in total. The number of halogens is 1. The molecule has 0 unspecified atom stereocenters. The maximum Gasteiger partial charge on any atom is 0.276 e. The van der Waals surface area contributed by atoms with Crippen molar-refractivity contribution < 1.29 is 13.9 Å². The van der Waals surface area contributed by atoms with E-state index in [-0.39, 0.29) is 17.4 Å². The van der Waals surface area contributed by atoms with E-state index >= 15 is 0 Å². The number of rotatable bonds is 6. The fraction of sp³-hybridized carbons (Fsp3) is 0.105. The number of aromatic nitrogens is 2. The lowest BCUT2D eigenvalue weighted by atomic mass is 10.2. The van der Waals surface area contributed by atoms with Crippen molar-refractivity contribution in [1.82, 2.24) is 10.2 Å². The molecule has 0 spiro atoms. The fourth-order valence-corrected chi connectivity index (χ4v) is 2.24. The van der Waals surface area contributed by atoms with E-state index in [9.17, 15) is 9.18 Å². The summed E-state index contributed by atoms with van der Waals surface area (Å²) in [6.45, 7) is 0.477. The Kier molecular flexibility index (Phi) is 5.38. The predicted molar refractivity (Wildman–Crippen MR) is 96.7 cm³/mol. The maximum atomic E-state index is 12.9. The molecule has 26 heavy (non-hydrogen) atoms. The van der Waals surface area contributed by atoms with Crippen LogP contribution in [0.1, 0.15) is 16.1 Å². The van der Waals surface area contributed by atoms with E-state index in [1.807, 2.05) is 0 Å². The Labute approximate surface area is 150 Å². The second-order valence-corrected chi connectivity index (χ2v) is 5.47. The molecular formula is C19H17FN4O2. The van der Waals surface area contributed by atoms with Gasteiger partial charge in [0.05, 0.1) is 7.11 Å². The Bertz CT molecular complexity index is 883. The summed E-state index contributed by atoms with van der Waals surface area (Å²) in [5, 5.41) is 13.7. The standard InChI is InChI=1S/C19H17FN4O2/c1-26-16-4-2-3-15(11-16)22-19(25)17-9-10-18(24-23-17)21-12-13-5-7-14(20)8-6-13/h2-11H,12H2,1H3,(H,21,24)(H,22,25). The van der Waals surface area contributed by atoms with E-state index in [0.717, 1.165) is 5.56 Å². The van der Waals surface area contributed by atoms with E-state index in [2.05, 4.69) is 20.8 Å². The van der Waals surface area contributed by atoms with Crippen LogP contribution in [0, 0.1) is 5.82 Å². The number of anilines is 2. The molecule has 0 fully saturated rings. The number of hydrogen-bond donors (Lipinski definition) is 2. The van der Waals surface area contributed by atoms with Gasteiger partial charge in [0.15, 0.2) is 5.69 Å². The zero-order valence-electron chi connectivity index (χ0n) is 14.1. The van der Waals surface area contributed by atoms with Crippen molar-refractivity contribution in [2.75, 3.05) is 17.7 Å². The highest BCUT2D eigenvalue weighted by Gasteiger charge is 2.09. The highest BCUT2D eigenvalue weighted by atomic mass is 19.1. The number of carbonyl (C=O) groups is 1. The Morgan fingerprint density at radius 3 is 2.58 bits per heavy atom. The van der Waals surface area contributed by atoms with Crippen LogP contribution in [0.5, 0.6) is 5.75 Å². The van der Waals surface area contributed by atoms with Crippen molar-refractivity contribution in [3.63, 3.8) is 0 Å². The lowest BCUT2D eigenvalue weighted by Crippen LogP contribution is -2.15. The smallest absolute Gasteiger partial charge is 0.276 e. The molecule has 0 aliphatic heterocycles. The first-order chi connectivity index (χ1) is 12.6. The van der Waals surface area contributed by atoms with Crippen LogP contribution in [0.25, 0.3) is 0 Å². The van der Waals surface area contributed by atoms with Gasteiger partial charge in [0.1, 0.15) is 17.4 Å². The molecule has 0 saturated heterocycles. The molecule has 2 aromatic carbocycles. The molecule has 1 amide bonds. The second kappa shape index (κ2) is 8.06. The molecule has 0 bridgehead atoms. The number of ether oxygens (including phenoxy) is 1. The lowest BCUT2D eigenvalue weighted by molar-refractivity contribution is 0.102. The van der Waals surface area contributed by atoms with E-state index < -0.39 is 0 Å². The molecular weight excluding hydrogens is 335 g/mol. The predicted octanol–water partition coefficient (Wildman–Crippen LogP) is 3.49. The molecule has 0 radical (unpaired) electrons. The first-order valence-corrected chi connectivity index (χ1v) is 7.91. The molecule has 3 rings (SSSR count). The molecule has 0 atom stereocenters. The van der Waals surface area contributed by atoms with Gasteiger partial charge in [0.2, 0.25) is 0 Å². The highest BCUT2D eigenvalue weighted by molar-refractivity contribution is 6.02. The van der Waals surface area contributed by atoms with Crippen LogP contribution in [0.15, 0.2) is 60.7 Å². The van der Waals surface area contributed by atoms with Gasteiger partial charge in [0, 0.05) is 18.3 Å². The zero-order chi connectivity index (χ0) is 18.4. The fourth-order valence-electron chi connectivity index (χ4n) is 2.24. The number of nitrogens with zero attached hydrogens (tertiary/aromatic N) is 2. The number of methoxy groups -OCH3 is 1. The van der Waals surface area contributed by atoms with Crippen LogP contribution in [-0.2, 0) is 6.54 Å². The molecule has 0 aliphatic rings. The molecule has 3 aromatic rings. The number of benzene rings is 2. The van der Waals surface area contributed by atoms with Gasteiger partial charge in [-0.05, 0) is 42.0 Å². The summed E-state index contributed by atoms with van der Waals surface area (Å²) in [6, 6.07) is 16.4. The minimum atomic E-state index is -0.365. The van der Waals surface area contributed by atoms with Crippen LogP contribution >= 0.6 is 0 Å². The summed E-state index contributed by atoms with van der Waals surface area (Å²) in [4.78, 5) is 12.2. The normalized spacial score (nSPS) is 10.2. The molecule has 0 saturated carbocycles. The van der Waals surface area contributed by atoms with Gasteiger partial charge in [-0.25, -0.2) is 4.39 Å². The topological polar surface area (TPSA) is 76.1 Å². The van der Waals surface area contributed by atoms with Gasteiger partial charge in [0.25, 0.3) is 5.91 Å². The zero-order valence-corrected chi connectivity index (χ0v) is 14.1. The molecule has 7 heteroatoms. The quantitative estimate of drug-likeness (QED) is 0.710. The van der Waals surface area contributed by atoms with Gasteiger partial charge >= 0.3 is 0 Å². The van der Waals surface area contributed by atoms with Crippen molar-refractivity contribution >= 4 is 17.4 Å². The largest absolute Gasteiger partial charge is 0.497 e. The van der Waals surface area contributed by atoms with Crippen LogP contribution in [0.2, 0.25) is 0 Å². The number of amides is 1. The van der Waals surface area contributed by atoms with Crippen LogP contribution in [-0.4, -0.2) is 23.2 Å². The lowest BCUT2D eigenvalue weighted by Gasteiger charge is -2.07. The van der Waals surface area contributed by atoms with Gasteiger partial charge in [-0.1, -0.05) is 18.2 Å². The molecule has 1 heterocycles. The summed E-state index contributed by atoms with van der Waals surface area (Å²) >= 11 is 0. The summed E-state index contributed by atoms with van der Waals surface area (Å²) in [7, 11) is 1.56. The van der Waals surface area contributed by atoms with Crippen molar-refractivity contribution in [2.24, 2.45) is 0 Å². The van der Waals surface area contributed by atoms with Crippen LogP contribution in [0.4, 0.5) is 15.9 Å². The van der Waals surface area contributed by atoms with Crippen molar-refractivity contribution in [2.45, 2.75) is 6.54 Å². The van der Waals surface area contributed by atoms with E-state index in [4.69, 9.17) is 4.74 Å². The number of carbonyl (C=O) groups excluding carboxylic acids is 1. The third-order valence-corrected chi connectivity index (χ3v) is 3.61. The SMILES string of the molecule is COc1cccc(NC(=O)c2ccc(NCc3ccc(F)cc3)nn2)c1. The van der Waals surface area contributed by atoms with Gasteiger partial charge in [-0.15, -0.1) is 10.2 Å². The first-order valence-electron chi connectivity index (χ1n) is 7.91. The molecule has 0 aliphatic carbocycles. The molecule has 132 valence electrons. The first kappa shape index (κ1) is 17.3. The van der Waals surface area contributed by atoms with E-state index in [1.54, 1.807) is 55.6 Å². The van der Waals surface area contributed by atoms with Gasteiger partial charge in [-0.2, -0.15) is 0 Å². The Hall–Kier alpha value is -3.48. The van der Waals surface area contributed by atoms with Crippen LogP contribution in [0.3, 0.4) is 0 Å². The average Bonchev–Trinajstić information content (AvgIpc) is 2.68. The number of hydrogen-bond acceptors (Lipinski definition) is 5. The molecule has 1 aromatic heterocycles. The summed E-state index contributed by atoms with van der Waals surface area (Å²) in [6.07, 6.45) is 0. The average molecular weight is 352 g/mol. The second-order valence-electron chi connectivity index (χ2n) is 5.47. The minimum absolute atomic E-state index is 0.195. The Balaban J connectivity index is 1.59. The van der Waals surface area contributed by atoms with Gasteiger partial charge < -0.3 is 15.4 Å². The van der Waals surface area contributed by atoms with Crippen molar-refractivity contribution in [3.05, 3.63) is 77.7 Å². The summed E-state index contributed by atoms with van der Waals surface area (Å²) < 4.78 is 18.0.